The monoisotopic (exact) mass is 314 g/mol. The fraction of sp³-hybridized carbons (Fsp3) is 0.333. The van der Waals surface area contributed by atoms with E-state index in [9.17, 15) is 4.79 Å². The number of aromatic nitrogens is 3. The number of nitrogens with two attached hydrogens (primary N) is 2. The van der Waals surface area contributed by atoms with E-state index in [0.717, 1.165) is 5.56 Å². The second-order valence-electron chi connectivity index (χ2n) is 5.69. The maximum Gasteiger partial charge on any atom is 0.415 e. The predicted octanol–water partition coefficient (Wildman–Crippen LogP) is 1.68. The Hall–Kier alpha value is -2.90. The smallest absolute Gasteiger partial charge is 0.415 e. The van der Waals surface area contributed by atoms with E-state index in [1.54, 1.807) is 23.4 Å². The first-order valence-electron chi connectivity index (χ1n) is 7.27. The second kappa shape index (κ2) is 5.71. The summed E-state index contributed by atoms with van der Waals surface area (Å²) < 4.78 is 5.13. The van der Waals surface area contributed by atoms with Gasteiger partial charge < -0.3 is 16.2 Å². The number of rotatable bonds is 3. The van der Waals surface area contributed by atoms with Crippen molar-refractivity contribution < 1.29 is 9.53 Å². The summed E-state index contributed by atoms with van der Waals surface area (Å²) in [7, 11) is 0. The minimum absolute atomic E-state index is 0.0224. The molecule has 0 saturated carbocycles. The molecule has 0 bridgehead atoms. The van der Waals surface area contributed by atoms with Gasteiger partial charge in [-0.3, -0.25) is 4.90 Å². The molecule has 0 unspecified atom stereocenters. The first-order valence-corrected chi connectivity index (χ1v) is 7.27. The Bertz CT molecular complexity index is 731. The van der Waals surface area contributed by atoms with Crippen LogP contribution in [-0.2, 0) is 4.74 Å². The first kappa shape index (κ1) is 15.0. The predicted molar refractivity (Wildman–Crippen MR) is 86.5 cm³/mol. The fourth-order valence-corrected chi connectivity index (χ4v) is 2.51. The van der Waals surface area contributed by atoms with Crippen LogP contribution in [0, 0.1) is 5.92 Å². The lowest BCUT2D eigenvalue weighted by atomic mass is 10.0. The van der Waals surface area contributed by atoms with Crippen LogP contribution in [0.25, 0.3) is 11.1 Å². The van der Waals surface area contributed by atoms with Crippen molar-refractivity contribution >= 4 is 23.7 Å². The molecule has 0 aliphatic carbocycles. The number of hydrogen-bond acceptors (Lipinski definition) is 7. The molecule has 0 radical (unpaired) electrons. The highest BCUT2D eigenvalue weighted by atomic mass is 16.6. The maximum absolute atomic E-state index is 11.9. The lowest BCUT2D eigenvalue weighted by Gasteiger charge is -2.23. The fourth-order valence-electron chi connectivity index (χ4n) is 2.51. The van der Waals surface area contributed by atoms with Crippen molar-refractivity contribution in [2.75, 3.05) is 23.0 Å². The molecule has 120 valence electrons. The normalized spacial score (nSPS) is 17.6. The molecular formula is C15H18N6O2. The van der Waals surface area contributed by atoms with Crippen LogP contribution in [0.5, 0.6) is 0 Å². The molecular weight excluding hydrogens is 296 g/mol. The standard InChI is InChI=1S/C15H18N6O2/c1-8(2)11-7-23-15(22)21(11)12-4-3-9(5-18-12)10-6-19-14(17)20-13(10)16/h3-6,8,11H,7H2,1-2H3,(H4,16,17,19,20)/t11-/m0/s1. The number of nitrogens with zero attached hydrogens (tertiary/aromatic N) is 4. The van der Waals surface area contributed by atoms with Crippen molar-refractivity contribution in [1.29, 1.82) is 0 Å². The number of amides is 1. The number of cyclic esters (lactones) is 1. The zero-order valence-electron chi connectivity index (χ0n) is 12.9. The number of carbonyl (C=O) groups excluding carboxylic acids is 1. The van der Waals surface area contributed by atoms with Crippen LogP contribution in [0.4, 0.5) is 22.4 Å². The highest BCUT2D eigenvalue weighted by Crippen LogP contribution is 2.28. The molecule has 1 fully saturated rings. The van der Waals surface area contributed by atoms with Gasteiger partial charge in [-0.05, 0) is 18.1 Å². The highest BCUT2D eigenvalue weighted by molar-refractivity contribution is 5.89. The van der Waals surface area contributed by atoms with E-state index < -0.39 is 0 Å². The van der Waals surface area contributed by atoms with E-state index in [1.807, 2.05) is 19.9 Å². The van der Waals surface area contributed by atoms with Crippen molar-refractivity contribution in [2.24, 2.45) is 5.92 Å². The Labute approximate surface area is 133 Å². The van der Waals surface area contributed by atoms with Gasteiger partial charge in [-0.2, -0.15) is 4.98 Å². The van der Waals surface area contributed by atoms with E-state index in [0.29, 0.717) is 18.0 Å². The number of anilines is 3. The quantitative estimate of drug-likeness (QED) is 0.884. The van der Waals surface area contributed by atoms with Crippen LogP contribution in [0.3, 0.4) is 0 Å². The molecule has 8 nitrogen and oxygen atoms in total. The van der Waals surface area contributed by atoms with E-state index >= 15 is 0 Å². The summed E-state index contributed by atoms with van der Waals surface area (Å²) in [4.78, 5) is 25.8. The number of nitrogen functional groups attached to an aromatic ring is 2. The Morgan fingerprint density at radius 1 is 1.26 bits per heavy atom. The van der Waals surface area contributed by atoms with Gasteiger partial charge in [0, 0.05) is 23.5 Å². The van der Waals surface area contributed by atoms with E-state index in [4.69, 9.17) is 16.2 Å². The molecule has 1 amide bonds. The van der Waals surface area contributed by atoms with Crippen LogP contribution < -0.4 is 16.4 Å². The Kier molecular flexibility index (Phi) is 3.73. The third kappa shape index (κ3) is 2.75. The molecule has 4 N–H and O–H groups in total. The molecule has 3 rings (SSSR count). The average molecular weight is 314 g/mol. The van der Waals surface area contributed by atoms with Gasteiger partial charge in [-0.15, -0.1) is 0 Å². The number of carbonyl (C=O) groups is 1. The van der Waals surface area contributed by atoms with E-state index in [2.05, 4.69) is 15.0 Å². The molecule has 2 aromatic heterocycles. The van der Waals surface area contributed by atoms with E-state index in [1.165, 1.54) is 0 Å². The molecule has 0 aromatic carbocycles. The molecule has 8 heteroatoms. The summed E-state index contributed by atoms with van der Waals surface area (Å²) in [5.41, 5.74) is 12.7. The molecule has 2 aromatic rings. The average Bonchev–Trinajstić information content (AvgIpc) is 2.89. The summed E-state index contributed by atoms with van der Waals surface area (Å²) in [5.74, 6) is 1.22. The topological polar surface area (TPSA) is 120 Å². The number of hydrogen-bond donors (Lipinski definition) is 2. The highest BCUT2D eigenvalue weighted by Gasteiger charge is 2.36. The van der Waals surface area contributed by atoms with Crippen molar-refractivity contribution in [3.05, 3.63) is 24.5 Å². The van der Waals surface area contributed by atoms with Gasteiger partial charge >= 0.3 is 6.09 Å². The van der Waals surface area contributed by atoms with Crippen molar-refractivity contribution in [1.82, 2.24) is 15.0 Å². The summed E-state index contributed by atoms with van der Waals surface area (Å²) in [5, 5.41) is 0. The van der Waals surface area contributed by atoms with Gasteiger partial charge in [0.25, 0.3) is 0 Å². The molecule has 3 heterocycles. The Morgan fingerprint density at radius 2 is 2.04 bits per heavy atom. The maximum atomic E-state index is 11.9. The molecule has 0 spiro atoms. The van der Waals surface area contributed by atoms with Gasteiger partial charge in [0.2, 0.25) is 5.95 Å². The number of pyridine rings is 1. The zero-order chi connectivity index (χ0) is 16.6. The molecule has 1 aliphatic rings. The summed E-state index contributed by atoms with van der Waals surface area (Å²) in [6.07, 6.45) is 2.80. The summed E-state index contributed by atoms with van der Waals surface area (Å²) >= 11 is 0. The minimum Gasteiger partial charge on any atom is -0.447 e. The van der Waals surface area contributed by atoms with Gasteiger partial charge in [0.15, 0.2) is 0 Å². The van der Waals surface area contributed by atoms with Crippen LogP contribution in [-0.4, -0.2) is 33.7 Å². The van der Waals surface area contributed by atoms with Crippen molar-refractivity contribution in [3.63, 3.8) is 0 Å². The minimum atomic E-state index is -0.376. The second-order valence-corrected chi connectivity index (χ2v) is 5.69. The van der Waals surface area contributed by atoms with Crippen LogP contribution >= 0.6 is 0 Å². The lowest BCUT2D eigenvalue weighted by molar-refractivity contribution is 0.177. The van der Waals surface area contributed by atoms with Gasteiger partial charge in [0.1, 0.15) is 18.2 Å². The van der Waals surface area contributed by atoms with Crippen LogP contribution in [0.15, 0.2) is 24.5 Å². The van der Waals surface area contributed by atoms with Gasteiger partial charge in [-0.25, -0.2) is 14.8 Å². The van der Waals surface area contributed by atoms with Gasteiger partial charge in [0.05, 0.1) is 6.04 Å². The largest absolute Gasteiger partial charge is 0.447 e. The van der Waals surface area contributed by atoms with E-state index in [-0.39, 0.29) is 29.8 Å². The Morgan fingerprint density at radius 3 is 2.65 bits per heavy atom. The van der Waals surface area contributed by atoms with Gasteiger partial charge in [-0.1, -0.05) is 13.8 Å². The summed E-state index contributed by atoms with van der Waals surface area (Å²) in [6.45, 7) is 4.46. The zero-order valence-corrected chi connectivity index (χ0v) is 12.9. The van der Waals surface area contributed by atoms with Crippen LogP contribution in [0.2, 0.25) is 0 Å². The Balaban J connectivity index is 1.91. The molecule has 1 atom stereocenters. The lowest BCUT2D eigenvalue weighted by Crippen LogP contribution is -2.37. The van der Waals surface area contributed by atoms with Crippen molar-refractivity contribution in [2.45, 2.75) is 19.9 Å². The number of ether oxygens (including phenoxy) is 1. The third-order valence-electron chi connectivity index (χ3n) is 3.82. The molecule has 23 heavy (non-hydrogen) atoms. The SMILES string of the molecule is CC(C)[C@@H]1COC(=O)N1c1ccc(-c2cnc(N)nc2N)cn1. The van der Waals surface area contributed by atoms with Crippen LogP contribution in [0.1, 0.15) is 13.8 Å². The van der Waals surface area contributed by atoms with Crippen molar-refractivity contribution in [3.8, 4) is 11.1 Å². The molecule has 1 saturated heterocycles. The third-order valence-corrected chi connectivity index (χ3v) is 3.82. The molecule has 1 aliphatic heterocycles. The first-order chi connectivity index (χ1) is 11.0. The summed E-state index contributed by atoms with van der Waals surface area (Å²) in [6, 6.07) is 3.55.